The smallest absolute Gasteiger partial charge is 0.215 e. The van der Waals surface area contributed by atoms with Crippen LogP contribution < -0.4 is 10.6 Å². The maximum absolute atomic E-state index is 13.8. The minimum atomic E-state index is -3.28. The lowest BCUT2D eigenvalue weighted by atomic mass is 10.1. The molecule has 28 heavy (non-hydrogen) atoms. The molecule has 2 rings (SSSR count). The summed E-state index contributed by atoms with van der Waals surface area (Å²) >= 11 is 1.78. The van der Waals surface area contributed by atoms with Crippen LogP contribution in [-0.2, 0) is 10.0 Å². The van der Waals surface area contributed by atoms with E-state index < -0.39 is 10.0 Å². The Morgan fingerprint density at radius 1 is 1.36 bits per heavy atom. The van der Waals surface area contributed by atoms with Gasteiger partial charge in [-0.3, -0.25) is 4.99 Å². The van der Waals surface area contributed by atoms with Gasteiger partial charge in [-0.05, 0) is 38.0 Å². The van der Waals surface area contributed by atoms with Crippen molar-refractivity contribution in [3.05, 3.63) is 35.1 Å². The lowest BCUT2D eigenvalue weighted by molar-refractivity contribution is 0.444. The number of guanidine groups is 1. The maximum atomic E-state index is 13.8. The number of hydrogen-bond acceptors (Lipinski definition) is 4. The van der Waals surface area contributed by atoms with Crippen LogP contribution in [0.3, 0.4) is 0 Å². The Morgan fingerprint density at radius 3 is 2.64 bits per heavy atom. The number of hydrogen-bond donors (Lipinski definition) is 2. The average molecular weight is 545 g/mol. The van der Waals surface area contributed by atoms with E-state index in [0.29, 0.717) is 31.2 Å². The minimum absolute atomic E-state index is 0. The quantitative estimate of drug-likeness (QED) is 0.314. The maximum Gasteiger partial charge on any atom is 0.215 e. The molecule has 0 saturated carbocycles. The lowest BCUT2D eigenvalue weighted by Gasteiger charge is -2.25. The number of halogens is 2. The fourth-order valence-corrected chi connectivity index (χ4v) is 5.17. The second kappa shape index (κ2) is 12.2. The molecule has 1 unspecified atom stereocenters. The molecular formula is C18H30FIN4O2S2. The third kappa shape index (κ3) is 7.68. The lowest BCUT2D eigenvalue weighted by Crippen LogP contribution is -2.41. The Hall–Kier alpha value is -0.590. The number of nitrogens with zero attached hydrogens (tertiary/aromatic N) is 2. The van der Waals surface area contributed by atoms with E-state index in [4.69, 9.17) is 0 Å². The number of aliphatic imine (C=N–C) groups is 1. The van der Waals surface area contributed by atoms with Gasteiger partial charge in [-0.2, -0.15) is 11.8 Å². The van der Waals surface area contributed by atoms with E-state index in [1.807, 2.05) is 19.9 Å². The summed E-state index contributed by atoms with van der Waals surface area (Å²) in [6.07, 6.45) is 0. The first-order chi connectivity index (χ1) is 12.8. The van der Waals surface area contributed by atoms with Crippen molar-refractivity contribution in [2.45, 2.75) is 26.8 Å². The fraction of sp³-hybridized carbons (Fsp3) is 0.611. The highest BCUT2D eigenvalue weighted by Gasteiger charge is 2.23. The highest BCUT2D eigenvalue weighted by Crippen LogP contribution is 2.16. The molecule has 1 aromatic carbocycles. The third-order valence-corrected chi connectivity index (χ3v) is 7.17. The molecule has 1 aliphatic heterocycles. The Kier molecular flexibility index (Phi) is 11.1. The van der Waals surface area contributed by atoms with Gasteiger partial charge in [0.05, 0.1) is 18.3 Å². The van der Waals surface area contributed by atoms with Gasteiger partial charge in [0.25, 0.3) is 0 Å². The van der Waals surface area contributed by atoms with Crippen LogP contribution in [0.25, 0.3) is 0 Å². The van der Waals surface area contributed by atoms with E-state index in [2.05, 4.69) is 15.6 Å². The van der Waals surface area contributed by atoms with Crippen molar-refractivity contribution in [2.24, 2.45) is 4.99 Å². The van der Waals surface area contributed by atoms with Gasteiger partial charge in [0.15, 0.2) is 5.96 Å². The average Bonchev–Trinajstić information content (AvgIpc) is 2.64. The van der Waals surface area contributed by atoms with E-state index in [-0.39, 0.29) is 48.1 Å². The highest BCUT2D eigenvalue weighted by atomic mass is 127. The third-order valence-electron chi connectivity index (χ3n) is 4.38. The molecule has 1 fully saturated rings. The zero-order valence-electron chi connectivity index (χ0n) is 16.6. The van der Waals surface area contributed by atoms with Crippen LogP contribution in [0.1, 0.15) is 31.0 Å². The molecule has 0 bridgehead atoms. The van der Waals surface area contributed by atoms with Crippen LogP contribution >= 0.6 is 35.7 Å². The Balaban J connectivity index is 0.00000392. The SMILES string of the molecule is CCNC(=NCCS(=O)(=O)N1CCSCC1)NC(C)c1ccc(C)c(F)c1.I. The van der Waals surface area contributed by atoms with Crippen molar-refractivity contribution < 1.29 is 12.8 Å². The molecule has 0 aliphatic carbocycles. The number of sulfonamides is 1. The van der Waals surface area contributed by atoms with Crippen LogP contribution in [-0.4, -0.2) is 62.1 Å². The van der Waals surface area contributed by atoms with Gasteiger partial charge in [-0.1, -0.05) is 12.1 Å². The summed E-state index contributed by atoms with van der Waals surface area (Å²) in [7, 11) is -3.28. The summed E-state index contributed by atoms with van der Waals surface area (Å²) in [6, 6.07) is 4.97. The van der Waals surface area contributed by atoms with Gasteiger partial charge in [0, 0.05) is 31.1 Å². The number of benzene rings is 1. The Bertz CT molecular complexity index is 756. The van der Waals surface area contributed by atoms with E-state index in [1.54, 1.807) is 29.1 Å². The summed E-state index contributed by atoms with van der Waals surface area (Å²) in [6.45, 7) is 7.56. The van der Waals surface area contributed by atoms with Gasteiger partial charge >= 0.3 is 0 Å². The first-order valence-corrected chi connectivity index (χ1v) is 12.0. The summed E-state index contributed by atoms with van der Waals surface area (Å²) < 4.78 is 40.1. The molecule has 10 heteroatoms. The van der Waals surface area contributed by atoms with E-state index in [9.17, 15) is 12.8 Å². The topological polar surface area (TPSA) is 73.8 Å². The van der Waals surface area contributed by atoms with Crippen molar-refractivity contribution in [1.82, 2.24) is 14.9 Å². The molecular weight excluding hydrogens is 514 g/mol. The predicted molar refractivity (Wildman–Crippen MR) is 127 cm³/mol. The normalized spacial score (nSPS) is 16.9. The molecule has 2 N–H and O–H groups in total. The molecule has 0 spiro atoms. The number of nitrogens with one attached hydrogen (secondary N) is 2. The van der Waals surface area contributed by atoms with Crippen LogP contribution in [0.4, 0.5) is 4.39 Å². The zero-order valence-corrected chi connectivity index (χ0v) is 20.5. The largest absolute Gasteiger partial charge is 0.357 e. The molecule has 1 atom stereocenters. The molecule has 0 amide bonds. The highest BCUT2D eigenvalue weighted by molar-refractivity contribution is 14.0. The van der Waals surface area contributed by atoms with Crippen LogP contribution in [0.5, 0.6) is 0 Å². The van der Waals surface area contributed by atoms with Crippen molar-refractivity contribution in [3.63, 3.8) is 0 Å². The monoisotopic (exact) mass is 544 g/mol. The predicted octanol–water partition coefficient (Wildman–Crippen LogP) is 2.75. The molecule has 6 nitrogen and oxygen atoms in total. The second-order valence-corrected chi connectivity index (χ2v) is 9.78. The van der Waals surface area contributed by atoms with Crippen molar-refractivity contribution in [3.8, 4) is 0 Å². The molecule has 160 valence electrons. The van der Waals surface area contributed by atoms with E-state index >= 15 is 0 Å². The van der Waals surface area contributed by atoms with Gasteiger partial charge < -0.3 is 10.6 Å². The van der Waals surface area contributed by atoms with Gasteiger partial charge in [-0.15, -0.1) is 24.0 Å². The molecule has 1 aliphatic rings. The van der Waals surface area contributed by atoms with Crippen LogP contribution in [0, 0.1) is 12.7 Å². The summed E-state index contributed by atoms with van der Waals surface area (Å²) in [5, 5.41) is 6.32. The number of aryl methyl sites for hydroxylation is 1. The van der Waals surface area contributed by atoms with Crippen molar-refractivity contribution >= 4 is 51.7 Å². The van der Waals surface area contributed by atoms with Crippen molar-refractivity contribution in [1.29, 1.82) is 0 Å². The Labute approximate surface area is 189 Å². The summed E-state index contributed by atoms with van der Waals surface area (Å²) in [5.74, 6) is 1.96. The first-order valence-electron chi connectivity index (χ1n) is 9.20. The minimum Gasteiger partial charge on any atom is -0.357 e. The van der Waals surface area contributed by atoms with Gasteiger partial charge in [0.1, 0.15) is 5.82 Å². The summed E-state index contributed by atoms with van der Waals surface area (Å²) in [4.78, 5) is 4.39. The van der Waals surface area contributed by atoms with Gasteiger partial charge in [-0.25, -0.2) is 17.1 Å². The Morgan fingerprint density at radius 2 is 2.04 bits per heavy atom. The molecule has 0 radical (unpaired) electrons. The second-order valence-electron chi connectivity index (χ2n) is 6.46. The fourth-order valence-electron chi connectivity index (χ4n) is 2.71. The molecule has 1 saturated heterocycles. The molecule has 0 aromatic heterocycles. The zero-order chi connectivity index (χ0) is 19.9. The molecule has 1 aromatic rings. The van der Waals surface area contributed by atoms with Crippen LogP contribution in [0.2, 0.25) is 0 Å². The van der Waals surface area contributed by atoms with E-state index in [1.165, 1.54) is 6.07 Å². The van der Waals surface area contributed by atoms with Crippen LogP contribution in [0.15, 0.2) is 23.2 Å². The van der Waals surface area contributed by atoms with E-state index in [0.717, 1.165) is 17.1 Å². The van der Waals surface area contributed by atoms with Crippen molar-refractivity contribution in [2.75, 3.05) is 43.4 Å². The standard InChI is InChI=1S/C18H29FN4O2S2.HI/c1-4-20-18(22-15(3)16-6-5-14(2)17(19)13-16)21-7-12-27(24,25)23-8-10-26-11-9-23;/h5-6,13,15H,4,7-12H2,1-3H3,(H2,20,21,22);1H. The molecule has 1 heterocycles. The summed E-state index contributed by atoms with van der Waals surface area (Å²) in [5.41, 5.74) is 1.41. The first kappa shape index (κ1) is 25.4. The number of rotatable bonds is 7. The number of thioether (sulfide) groups is 1. The van der Waals surface area contributed by atoms with Gasteiger partial charge in [0.2, 0.25) is 10.0 Å².